The van der Waals surface area contributed by atoms with Gasteiger partial charge in [-0.05, 0) is 50.3 Å². The molecule has 3 rings (SSSR count). The first kappa shape index (κ1) is 13.0. The number of benzene rings is 1. The van der Waals surface area contributed by atoms with Gasteiger partial charge < -0.3 is 11.1 Å². The van der Waals surface area contributed by atoms with Crippen molar-refractivity contribution in [1.82, 2.24) is 5.32 Å². The van der Waals surface area contributed by atoms with E-state index in [4.69, 9.17) is 5.73 Å². The highest BCUT2D eigenvalue weighted by atomic mass is 15.0. The molecule has 0 aromatic heterocycles. The molecule has 1 aromatic rings. The first-order valence-corrected chi connectivity index (χ1v) is 7.73. The molecule has 0 atom stereocenters. The molecule has 2 nitrogen and oxygen atoms in total. The van der Waals surface area contributed by atoms with E-state index in [1.54, 1.807) is 0 Å². The Hall–Kier alpha value is -1.02. The van der Waals surface area contributed by atoms with Gasteiger partial charge in [0.25, 0.3) is 0 Å². The molecule has 2 saturated carbocycles. The first-order chi connectivity index (χ1) is 9.12. The van der Waals surface area contributed by atoms with Crippen LogP contribution in [-0.4, -0.2) is 12.1 Å². The second-order valence-corrected chi connectivity index (χ2v) is 6.88. The van der Waals surface area contributed by atoms with E-state index in [9.17, 15) is 0 Å². The van der Waals surface area contributed by atoms with Gasteiger partial charge in [-0.3, -0.25) is 0 Å². The van der Waals surface area contributed by atoms with E-state index in [0.717, 1.165) is 12.2 Å². The summed E-state index contributed by atoms with van der Waals surface area (Å²) in [5.41, 5.74) is 8.89. The third-order valence-electron chi connectivity index (χ3n) is 5.19. The normalized spacial score (nSPS) is 24.1. The molecule has 2 heteroatoms. The van der Waals surface area contributed by atoms with Crippen LogP contribution in [0.4, 0.5) is 5.69 Å². The molecule has 2 aliphatic rings. The van der Waals surface area contributed by atoms with Crippen molar-refractivity contribution in [3.63, 3.8) is 0 Å². The molecular formula is C17H26N2. The Morgan fingerprint density at radius 3 is 2.21 bits per heavy atom. The highest BCUT2D eigenvalue weighted by molar-refractivity contribution is 5.43. The maximum Gasteiger partial charge on any atom is 0.0314 e. The Labute approximate surface area is 116 Å². The molecular weight excluding hydrogens is 232 g/mol. The molecule has 0 bridgehead atoms. The molecule has 104 valence electrons. The average molecular weight is 258 g/mol. The summed E-state index contributed by atoms with van der Waals surface area (Å²) in [4.78, 5) is 0. The average Bonchev–Trinajstić information content (AvgIpc) is 3.20. The van der Waals surface area contributed by atoms with Crippen molar-refractivity contribution in [2.45, 2.75) is 62.8 Å². The molecule has 2 fully saturated rings. The Bertz CT molecular complexity index is 425. The van der Waals surface area contributed by atoms with E-state index < -0.39 is 0 Å². The molecule has 0 unspecified atom stereocenters. The Morgan fingerprint density at radius 2 is 1.63 bits per heavy atom. The Kier molecular flexibility index (Phi) is 3.30. The molecule has 0 saturated heterocycles. The maximum atomic E-state index is 5.79. The summed E-state index contributed by atoms with van der Waals surface area (Å²) in [5.74, 6) is 0. The summed E-state index contributed by atoms with van der Waals surface area (Å²) in [5, 5.41) is 3.88. The Morgan fingerprint density at radius 1 is 1.00 bits per heavy atom. The fourth-order valence-electron chi connectivity index (χ4n) is 3.45. The summed E-state index contributed by atoms with van der Waals surface area (Å²) >= 11 is 0. The van der Waals surface area contributed by atoms with Crippen molar-refractivity contribution < 1.29 is 0 Å². The standard InChI is InChI=1S/C17H26N2/c1-16(9-3-2-4-10-16)19-13-17(11-12-17)14-5-7-15(18)8-6-14/h5-8,19H,2-4,9-13,18H2,1H3. The van der Waals surface area contributed by atoms with Crippen molar-refractivity contribution in [3.8, 4) is 0 Å². The third-order valence-corrected chi connectivity index (χ3v) is 5.19. The zero-order valence-electron chi connectivity index (χ0n) is 12.0. The van der Waals surface area contributed by atoms with Crippen molar-refractivity contribution >= 4 is 5.69 Å². The summed E-state index contributed by atoms with van der Waals surface area (Å²) in [6.07, 6.45) is 9.51. The van der Waals surface area contributed by atoms with Crippen LogP contribution in [0.1, 0.15) is 57.4 Å². The topological polar surface area (TPSA) is 38.0 Å². The van der Waals surface area contributed by atoms with Crippen LogP contribution < -0.4 is 11.1 Å². The smallest absolute Gasteiger partial charge is 0.0314 e. The quantitative estimate of drug-likeness (QED) is 0.810. The summed E-state index contributed by atoms with van der Waals surface area (Å²) in [7, 11) is 0. The van der Waals surface area contributed by atoms with Gasteiger partial charge in [-0.2, -0.15) is 0 Å². The van der Waals surface area contributed by atoms with Crippen LogP contribution in [0.15, 0.2) is 24.3 Å². The summed E-state index contributed by atoms with van der Waals surface area (Å²) in [6.45, 7) is 3.54. The van der Waals surface area contributed by atoms with Gasteiger partial charge in [0, 0.05) is 23.2 Å². The minimum absolute atomic E-state index is 0.377. The van der Waals surface area contributed by atoms with Gasteiger partial charge in [-0.15, -0.1) is 0 Å². The largest absolute Gasteiger partial charge is 0.399 e. The van der Waals surface area contributed by atoms with Gasteiger partial charge in [0.2, 0.25) is 0 Å². The number of rotatable bonds is 4. The SMILES string of the molecule is CC1(NCC2(c3ccc(N)cc3)CC2)CCCCC1. The second kappa shape index (κ2) is 4.82. The van der Waals surface area contributed by atoms with Crippen LogP contribution in [-0.2, 0) is 5.41 Å². The monoisotopic (exact) mass is 258 g/mol. The molecule has 3 N–H and O–H groups in total. The van der Waals surface area contributed by atoms with E-state index in [2.05, 4.69) is 24.4 Å². The third kappa shape index (κ3) is 2.79. The molecule has 0 aliphatic heterocycles. The van der Waals surface area contributed by atoms with Crippen molar-refractivity contribution in [3.05, 3.63) is 29.8 Å². The second-order valence-electron chi connectivity index (χ2n) is 6.88. The number of hydrogen-bond donors (Lipinski definition) is 2. The molecule has 0 spiro atoms. The van der Waals surface area contributed by atoms with Gasteiger partial charge in [0.15, 0.2) is 0 Å². The predicted molar refractivity (Wildman–Crippen MR) is 81.3 cm³/mol. The van der Waals surface area contributed by atoms with Crippen LogP contribution in [0, 0.1) is 0 Å². The highest BCUT2D eigenvalue weighted by Crippen LogP contribution is 2.48. The number of hydrogen-bond acceptors (Lipinski definition) is 2. The lowest BCUT2D eigenvalue weighted by atomic mass is 9.82. The number of nitrogens with two attached hydrogens (primary N) is 1. The number of nitrogen functional groups attached to an aromatic ring is 1. The molecule has 19 heavy (non-hydrogen) atoms. The van der Waals surface area contributed by atoms with Crippen LogP contribution in [0.3, 0.4) is 0 Å². The van der Waals surface area contributed by atoms with Crippen LogP contribution >= 0.6 is 0 Å². The lowest BCUT2D eigenvalue weighted by Crippen LogP contribution is -2.47. The van der Waals surface area contributed by atoms with Gasteiger partial charge in [0.05, 0.1) is 0 Å². The van der Waals surface area contributed by atoms with Crippen molar-refractivity contribution in [2.75, 3.05) is 12.3 Å². The van der Waals surface area contributed by atoms with Gasteiger partial charge in [-0.25, -0.2) is 0 Å². The summed E-state index contributed by atoms with van der Waals surface area (Å²) in [6, 6.07) is 8.51. The van der Waals surface area contributed by atoms with Crippen molar-refractivity contribution in [1.29, 1.82) is 0 Å². The van der Waals surface area contributed by atoms with Gasteiger partial charge in [0.1, 0.15) is 0 Å². The minimum Gasteiger partial charge on any atom is -0.399 e. The fourth-order valence-corrected chi connectivity index (χ4v) is 3.45. The molecule has 1 aromatic carbocycles. The molecule has 0 radical (unpaired) electrons. The highest BCUT2D eigenvalue weighted by Gasteiger charge is 2.45. The summed E-state index contributed by atoms with van der Waals surface area (Å²) < 4.78 is 0. The zero-order chi connectivity index (χ0) is 13.3. The van der Waals surface area contributed by atoms with E-state index in [1.165, 1.54) is 50.5 Å². The van der Waals surface area contributed by atoms with E-state index in [0.29, 0.717) is 11.0 Å². The Balaban J connectivity index is 1.64. The van der Waals surface area contributed by atoms with Gasteiger partial charge >= 0.3 is 0 Å². The molecule has 0 amide bonds. The van der Waals surface area contributed by atoms with Crippen LogP contribution in [0.5, 0.6) is 0 Å². The first-order valence-electron chi connectivity index (χ1n) is 7.73. The minimum atomic E-state index is 0.377. The van der Waals surface area contributed by atoms with Crippen LogP contribution in [0.25, 0.3) is 0 Å². The van der Waals surface area contributed by atoms with E-state index >= 15 is 0 Å². The lowest BCUT2D eigenvalue weighted by Gasteiger charge is -2.36. The van der Waals surface area contributed by atoms with Crippen molar-refractivity contribution in [2.24, 2.45) is 0 Å². The van der Waals surface area contributed by atoms with E-state index in [1.807, 2.05) is 12.1 Å². The maximum absolute atomic E-state index is 5.79. The van der Waals surface area contributed by atoms with Crippen LogP contribution in [0.2, 0.25) is 0 Å². The lowest BCUT2D eigenvalue weighted by molar-refractivity contribution is 0.247. The number of nitrogens with one attached hydrogen (secondary N) is 1. The van der Waals surface area contributed by atoms with Gasteiger partial charge in [-0.1, -0.05) is 31.4 Å². The number of anilines is 1. The predicted octanol–water partition coefficient (Wildman–Crippen LogP) is 3.61. The fraction of sp³-hybridized carbons (Fsp3) is 0.647. The molecule has 2 aliphatic carbocycles. The van der Waals surface area contributed by atoms with E-state index in [-0.39, 0.29) is 0 Å². The zero-order valence-corrected chi connectivity index (χ0v) is 12.0. The molecule has 0 heterocycles.